The van der Waals surface area contributed by atoms with Crippen LogP contribution >= 0.6 is 0 Å². The number of carbonyl (C=O) groups is 4. The van der Waals surface area contributed by atoms with Crippen molar-refractivity contribution < 1.29 is 28.7 Å². The largest absolute Gasteiger partial charge is 0.461 e. The number of fused-ring (bicyclic) bond motifs is 3. The Kier molecular flexibility index (Phi) is 9.87. The molecular formula is C30H37N3O6. The molecule has 0 fully saturated rings. The van der Waals surface area contributed by atoms with E-state index >= 15 is 0 Å². The topological polar surface area (TPSA) is 96.5 Å². The molecule has 3 amide bonds. The fourth-order valence-electron chi connectivity index (χ4n) is 4.64. The van der Waals surface area contributed by atoms with Crippen molar-refractivity contribution in [3.8, 4) is 11.1 Å². The third-order valence-electron chi connectivity index (χ3n) is 7.24. The maximum absolute atomic E-state index is 13.4. The van der Waals surface area contributed by atoms with E-state index in [4.69, 9.17) is 9.47 Å². The van der Waals surface area contributed by atoms with Crippen LogP contribution in [0.25, 0.3) is 11.1 Å². The van der Waals surface area contributed by atoms with E-state index in [1.54, 1.807) is 20.9 Å². The number of rotatable bonds is 11. The molecule has 0 bridgehead atoms. The third-order valence-corrected chi connectivity index (χ3v) is 7.24. The van der Waals surface area contributed by atoms with Crippen molar-refractivity contribution in [2.45, 2.75) is 38.3 Å². The summed E-state index contributed by atoms with van der Waals surface area (Å²) in [7, 11) is 4.51. The minimum absolute atomic E-state index is 0.00193. The van der Waals surface area contributed by atoms with Crippen molar-refractivity contribution in [1.29, 1.82) is 0 Å². The summed E-state index contributed by atoms with van der Waals surface area (Å²) in [6.45, 7) is 7.37. The van der Waals surface area contributed by atoms with Crippen molar-refractivity contribution >= 4 is 23.9 Å². The molecule has 3 rings (SSSR count). The molecule has 0 heterocycles. The molecule has 1 unspecified atom stereocenters. The molecule has 0 N–H and O–H groups in total. The van der Waals surface area contributed by atoms with Crippen LogP contribution in [0.15, 0.2) is 61.2 Å². The van der Waals surface area contributed by atoms with E-state index in [9.17, 15) is 19.2 Å². The number of hydrogen-bond donors (Lipinski definition) is 0. The van der Waals surface area contributed by atoms with Crippen LogP contribution in [0.2, 0.25) is 0 Å². The summed E-state index contributed by atoms with van der Waals surface area (Å²) in [5.74, 6) is -1.66. The van der Waals surface area contributed by atoms with Crippen molar-refractivity contribution in [2.75, 3.05) is 40.9 Å². The van der Waals surface area contributed by atoms with Crippen LogP contribution in [0.5, 0.6) is 0 Å². The van der Waals surface area contributed by atoms with E-state index in [-0.39, 0.29) is 25.6 Å². The minimum atomic E-state index is -1.09. The van der Waals surface area contributed by atoms with Crippen LogP contribution < -0.4 is 0 Å². The van der Waals surface area contributed by atoms with Gasteiger partial charge in [0.1, 0.15) is 25.3 Å². The van der Waals surface area contributed by atoms with E-state index in [1.807, 2.05) is 36.4 Å². The molecule has 1 aliphatic rings. The normalized spacial score (nSPS) is 13.4. The van der Waals surface area contributed by atoms with Gasteiger partial charge in [-0.2, -0.15) is 0 Å². The molecule has 2 atom stereocenters. The fraction of sp³-hybridized carbons (Fsp3) is 0.400. The van der Waals surface area contributed by atoms with Gasteiger partial charge in [0.15, 0.2) is 0 Å². The number of likely N-dealkylation sites (N-methyl/N-ethyl adjacent to an activating group) is 3. The highest BCUT2D eigenvalue weighted by molar-refractivity contribution is 5.93. The zero-order chi connectivity index (χ0) is 28.7. The molecule has 0 radical (unpaired) electrons. The lowest BCUT2D eigenvalue weighted by molar-refractivity contribution is -0.152. The van der Waals surface area contributed by atoms with Gasteiger partial charge in [-0.1, -0.05) is 61.2 Å². The van der Waals surface area contributed by atoms with Crippen LogP contribution in [0.1, 0.15) is 37.3 Å². The first-order valence-corrected chi connectivity index (χ1v) is 13.0. The zero-order valence-electron chi connectivity index (χ0n) is 23.3. The van der Waals surface area contributed by atoms with Gasteiger partial charge < -0.3 is 19.3 Å². The lowest BCUT2D eigenvalue weighted by atomic mass is 9.98. The zero-order valence-corrected chi connectivity index (χ0v) is 23.3. The predicted octanol–water partition coefficient (Wildman–Crippen LogP) is 3.68. The third kappa shape index (κ3) is 6.47. The summed E-state index contributed by atoms with van der Waals surface area (Å²) >= 11 is 0. The van der Waals surface area contributed by atoms with E-state index in [0.717, 1.165) is 22.3 Å². The summed E-state index contributed by atoms with van der Waals surface area (Å²) in [6, 6.07) is 14.0. The van der Waals surface area contributed by atoms with Crippen LogP contribution in [0.4, 0.5) is 4.79 Å². The van der Waals surface area contributed by atoms with Crippen molar-refractivity contribution in [3.63, 3.8) is 0 Å². The van der Waals surface area contributed by atoms with E-state index in [0.29, 0.717) is 6.54 Å². The first kappa shape index (κ1) is 29.4. The van der Waals surface area contributed by atoms with Crippen LogP contribution in [-0.2, 0) is 23.9 Å². The minimum Gasteiger partial charge on any atom is -0.461 e. The van der Waals surface area contributed by atoms with Gasteiger partial charge in [0.2, 0.25) is 11.8 Å². The average molecular weight is 536 g/mol. The Morgan fingerprint density at radius 3 is 2.00 bits per heavy atom. The highest BCUT2D eigenvalue weighted by Crippen LogP contribution is 2.44. The van der Waals surface area contributed by atoms with Crippen molar-refractivity contribution in [1.82, 2.24) is 14.7 Å². The number of amides is 3. The molecule has 0 aromatic heterocycles. The molecule has 0 spiro atoms. The van der Waals surface area contributed by atoms with Crippen LogP contribution in [-0.4, -0.2) is 91.6 Å². The average Bonchev–Trinajstić information content (AvgIpc) is 3.28. The Hall–Kier alpha value is -4.14. The smallest absolute Gasteiger partial charge is 0.410 e. The summed E-state index contributed by atoms with van der Waals surface area (Å²) < 4.78 is 10.7. The second-order valence-electron chi connectivity index (χ2n) is 9.58. The Balaban J connectivity index is 1.69. The number of esters is 1. The van der Waals surface area contributed by atoms with Crippen molar-refractivity contribution in [3.05, 3.63) is 72.3 Å². The van der Waals surface area contributed by atoms with Gasteiger partial charge in [-0.3, -0.25) is 19.3 Å². The Morgan fingerprint density at radius 2 is 1.46 bits per heavy atom. The van der Waals surface area contributed by atoms with Gasteiger partial charge in [-0.15, -0.1) is 0 Å². The molecule has 0 aliphatic heterocycles. The second-order valence-corrected chi connectivity index (χ2v) is 9.58. The second kappa shape index (κ2) is 13.1. The summed E-state index contributed by atoms with van der Waals surface area (Å²) in [4.78, 5) is 55.5. The maximum Gasteiger partial charge on any atom is 0.410 e. The molecule has 9 heteroatoms. The molecule has 39 heavy (non-hydrogen) atoms. The van der Waals surface area contributed by atoms with E-state index in [2.05, 4.69) is 18.7 Å². The summed E-state index contributed by atoms with van der Waals surface area (Å²) in [6.07, 6.45) is 0.443. The van der Waals surface area contributed by atoms with Crippen LogP contribution in [0.3, 0.4) is 0 Å². The molecule has 1 aliphatic carbocycles. The van der Waals surface area contributed by atoms with Gasteiger partial charge in [0.25, 0.3) is 0 Å². The molecule has 2 aromatic rings. The summed E-state index contributed by atoms with van der Waals surface area (Å²) in [5.41, 5.74) is 4.41. The predicted molar refractivity (Wildman–Crippen MR) is 148 cm³/mol. The van der Waals surface area contributed by atoms with Gasteiger partial charge in [0.05, 0.1) is 6.42 Å². The van der Waals surface area contributed by atoms with Gasteiger partial charge in [0, 0.05) is 33.6 Å². The first-order valence-electron chi connectivity index (χ1n) is 13.0. The number of nitrogens with zero attached hydrogens (tertiary/aromatic N) is 3. The van der Waals surface area contributed by atoms with E-state index < -0.39 is 36.0 Å². The highest BCUT2D eigenvalue weighted by atomic mass is 16.6. The van der Waals surface area contributed by atoms with Gasteiger partial charge in [-0.05, 0) is 36.1 Å². The Morgan fingerprint density at radius 1 is 0.897 bits per heavy atom. The lowest BCUT2D eigenvalue weighted by Gasteiger charge is -2.33. The van der Waals surface area contributed by atoms with E-state index in [1.165, 1.54) is 34.9 Å². The number of hydrogen-bond acceptors (Lipinski definition) is 6. The Labute approximate surface area is 230 Å². The van der Waals surface area contributed by atoms with Gasteiger partial charge in [-0.25, -0.2) is 4.79 Å². The molecule has 2 aromatic carbocycles. The molecule has 0 saturated heterocycles. The number of benzene rings is 2. The molecular weight excluding hydrogens is 498 g/mol. The number of ether oxygens (including phenoxy) is 2. The molecule has 9 nitrogen and oxygen atoms in total. The Bertz CT molecular complexity index is 1180. The molecule has 208 valence electrons. The quantitative estimate of drug-likeness (QED) is 0.322. The molecule has 0 saturated carbocycles. The monoisotopic (exact) mass is 535 g/mol. The fourth-order valence-corrected chi connectivity index (χ4v) is 4.64. The van der Waals surface area contributed by atoms with Gasteiger partial charge >= 0.3 is 12.1 Å². The lowest BCUT2D eigenvalue weighted by Crippen LogP contribution is -2.54. The number of carbonyl (C=O) groups excluding carboxylic acids is 4. The maximum atomic E-state index is 13.4. The highest BCUT2D eigenvalue weighted by Gasteiger charge is 2.36. The standard InChI is InChI=1S/C30H37N3O6/c1-7-17-38-27(34)18-26(29(36)31(4)8-2)33(6)28(35)20(3)32(5)30(37)39-19-25-23-15-11-9-13-21(23)22-14-10-12-16-24(22)25/h7,9-16,20,25-26H,1,8,17-19H2,2-6H3/t20?,26-/m0/s1. The summed E-state index contributed by atoms with van der Waals surface area (Å²) in [5, 5.41) is 0. The SMILES string of the molecule is C=CCOC(=O)C[C@@H](C(=O)N(C)CC)N(C)C(=O)C(C)N(C)C(=O)OCC1c2ccccc2-c2ccccc21. The first-order chi connectivity index (χ1) is 18.6. The van der Waals surface area contributed by atoms with Crippen molar-refractivity contribution in [2.24, 2.45) is 0 Å². The van der Waals surface area contributed by atoms with Crippen LogP contribution in [0, 0.1) is 0 Å².